The van der Waals surface area contributed by atoms with Crippen LogP contribution >= 0.6 is 11.3 Å². The monoisotopic (exact) mass is 517 g/mol. The summed E-state index contributed by atoms with van der Waals surface area (Å²) in [5, 5.41) is 0. The van der Waals surface area contributed by atoms with Gasteiger partial charge in [-0.25, -0.2) is 12.8 Å². The highest BCUT2D eigenvalue weighted by atomic mass is 32.2. The van der Waals surface area contributed by atoms with Crippen LogP contribution in [-0.4, -0.2) is 49.5 Å². The second-order valence-corrected chi connectivity index (χ2v) is 11.3. The summed E-state index contributed by atoms with van der Waals surface area (Å²) in [7, 11) is -3.74. The number of amides is 1. The number of nitrogens with zero attached hydrogens (tertiary/aromatic N) is 3. The molecule has 0 spiro atoms. The lowest BCUT2D eigenvalue weighted by Crippen LogP contribution is -2.40. The number of sulfonamides is 1. The molecule has 8 nitrogen and oxygen atoms in total. The molecule has 1 fully saturated rings. The fourth-order valence-corrected chi connectivity index (χ4v) is 6.81. The van der Waals surface area contributed by atoms with Gasteiger partial charge in [0, 0.05) is 37.7 Å². The Hall–Kier alpha value is -3.02. The minimum Gasteiger partial charge on any atom is -0.486 e. The summed E-state index contributed by atoms with van der Waals surface area (Å²) in [6.07, 6.45) is 2.47. The second kappa shape index (κ2) is 9.56. The number of ether oxygens (including phenoxy) is 2. The molecule has 1 aromatic heterocycles. The van der Waals surface area contributed by atoms with Crippen LogP contribution in [0.15, 0.2) is 58.9 Å². The molecule has 0 unspecified atom stereocenters. The fourth-order valence-electron chi connectivity index (χ4n) is 4.28. The minimum absolute atomic E-state index is 0.0414. The van der Waals surface area contributed by atoms with Crippen LogP contribution in [0.5, 0.6) is 11.5 Å². The molecular formula is C24H24FN3O5S2. The average molecular weight is 518 g/mol. The van der Waals surface area contributed by atoms with Crippen LogP contribution in [0, 0.1) is 11.7 Å². The summed E-state index contributed by atoms with van der Waals surface area (Å²) in [5.74, 6) is 0.183. The lowest BCUT2D eigenvalue weighted by Gasteiger charge is -2.29. The van der Waals surface area contributed by atoms with Crippen molar-refractivity contribution in [2.45, 2.75) is 24.3 Å². The normalized spacial score (nSPS) is 17.6. The molecule has 35 heavy (non-hydrogen) atoms. The molecular weight excluding hydrogens is 493 g/mol. The number of rotatable bonds is 5. The number of allylic oxidation sites excluding steroid dienone is 1. The summed E-state index contributed by atoms with van der Waals surface area (Å²) in [6.45, 7) is 5.66. The average Bonchev–Trinajstić information content (AvgIpc) is 3.18. The van der Waals surface area contributed by atoms with Crippen molar-refractivity contribution in [3.63, 3.8) is 0 Å². The Labute approximate surface area is 206 Å². The number of aromatic nitrogens is 1. The van der Waals surface area contributed by atoms with Gasteiger partial charge in [0.15, 0.2) is 16.3 Å². The molecule has 3 heterocycles. The first-order chi connectivity index (χ1) is 16.9. The van der Waals surface area contributed by atoms with Gasteiger partial charge in [-0.15, -0.1) is 6.58 Å². The lowest BCUT2D eigenvalue weighted by molar-refractivity contribution is -0.122. The molecule has 2 aromatic carbocycles. The van der Waals surface area contributed by atoms with E-state index in [-0.39, 0.29) is 29.8 Å². The van der Waals surface area contributed by atoms with Crippen molar-refractivity contribution >= 4 is 37.5 Å². The lowest BCUT2D eigenvalue weighted by atomic mass is 9.98. The third-order valence-electron chi connectivity index (χ3n) is 6.12. The van der Waals surface area contributed by atoms with E-state index in [1.165, 1.54) is 27.8 Å². The fraction of sp³-hybridized carbons (Fsp3) is 0.333. The highest BCUT2D eigenvalue weighted by Gasteiger charge is 2.32. The van der Waals surface area contributed by atoms with Crippen LogP contribution < -0.4 is 14.3 Å². The van der Waals surface area contributed by atoms with Gasteiger partial charge >= 0.3 is 0 Å². The topological polar surface area (TPSA) is 90.2 Å². The highest BCUT2D eigenvalue weighted by molar-refractivity contribution is 7.89. The molecule has 0 bridgehead atoms. The van der Waals surface area contributed by atoms with Gasteiger partial charge < -0.3 is 14.0 Å². The van der Waals surface area contributed by atoms with Gasteiger partial charge in [-0.1, -0.05) is 17.4 Å². The maximum atomic E-state index is 13.2. The number of hydrogen-bond donors (Lipinski definition) is 0. The number of hydrogen-bond acceptors (Lipinski definition) is 6. The number of carbonyl (C=O) groups is 1. The van der Waals surface area contributed by atoms with Crippen molar-refractivity contribution in [3.05, 3.63) is 59.7 Å². The molecule has 0 saturated carbocycles. The Morgan fingerprint density at radius 2 is 1.80 bits per heavy atom. The summed E-state index contributed by atoms with van der Waals surface area (Å²) >= 11 is 1.39. The van der Waals surface area contributed by atoms with Crippen LogP contribution in [0.2, 0.25) is 0 Å². The molecule has 0 atom stereocenters. The quantitative estimate of drug-likeness (QED) is 0.485. The Balaban J connectivity index is 1.37. The van der Waals surface area contributed by atoms with Gasteiger partial charge in [0.25, 0.3) is 5.91 Å². The zero-order chi connectivity index (χ0) is 24.6. The maximum absolute atomic E-state index is 13.2. The Bertz CT molecular complexity index is 1450. The van der Waals surface area contributed by atoms with Crippen LogP contribution in [-0.2, 0) is 21.4 Å². The molecule has 11 heteroatoms. The smallest absolute Gasteiger partial charge is 0.251 e. The third kappa shape index (κ3) is 4.63. The first kappa shape index (κ1) is 23.7. The zero-order valence-corrected chi connectivity index (χ0v) is 20.5. The van der Waals surface area contributed by atoms with E-state index >= 15 is 0 Å². The largest absolute Gasteiger partial charge is 0.486 e. The van der Waals surface area contributed by atoms with Gasteiger partial charge in [-0.3, -0.25) is 4.79 Å². The van der Waals surface area contributed by atoms with Gasteiger partial charge in [0.1, 0.15) is 19.0 Å². The number of carbonyl (C=O) groups excluding carboxylic acids is 1. The molecule has 1 saturated heterocycles. The molecule has 3 aromatic rings. The van der Waals surface area contributed by atoms with Crippen molar-refractivity contribution in [2.24, 2.45) is 10.9 Å². The van der Waals surface area contributed by atoms with E-state index in [0.717, 1.165) is 22.3 Å². The van der Waals surface area contributed by atoms with E-state index < -0.39 is 15.8 Å². The molecule has 0 N–H and O–H groups in total. The molecule has 184 valence electrons. The number of piperidine rings is 1. The highest BCUT2D eigenvalue weighted by Crippen LogP contribution is 2.35. The van der Waals surface area contributed by atoms with Gasteiger partial charge in [0.2, 0.25) is 10.0 Å². The van der Waals surface area contributed by atoms with E-state index in [4.69, 9.17) is 9.47 Å². The van der Waals surface area contributed by atoms with Crippen LogP contribution in [0.1, 0.15) is 12.8 Å². The molecule has 2 aliphatic rings. The van der Waals surface area contributed by atoms with Crippen LogP contribution in [0.25, 0.3) is 10.2 Å². The van der Waals surface area contributed by atoms with Gasteiger partial charge in [0.05, 0.1) is 15.1 Å². The Morgan fingerprint density at radius 1 is 1.14 bits per heavy atom. The predicted octanol–water partition coefficient (Wildman–Crippen LogP) is 3.33. The summed E-state index contributed by atoms with van der Waals surface area (Å²) < 4.78 is 54.4. The van der Waals surface area contributed by atoms with Crippen molar-refractivity contribution in [3.8, 4) is 11.5 Å². The van der Waals surface area contributed by atoms with Crippen molar-refractivity contribution < 1.29 is 27.1 Å². The third-order valence-corrected chi connectivity index (χ3v) is 9.07. The van der Waals surface area contributed by atoms with E-state index in [2.05, 4.69) is 11.6 Å². The van der Waals surface area contributed by atoms with Crippen molar-refractivity contribution in [1.82, 2.24) is 8.87 Å². The number of benzene rings is 2. The van der Waals surface area contributed by atoms with E-state index in [9.17, 15) is 17.6 Å². The summed E-state index contributed by atoms with van der Waals surface area (Å²) in [6, 6.07) is 8.55. The second-order valence-electron chi connectivity index (χ2n) is 8.33. The molecule has 5 rings (SSSR count). The zero-order valence-electron chi connectivity index (χ0n) is 18.9. The van der Waals surface area contributed by atoms with E-state index in [1.54, 1.807) is 6.08 Å². The molecule has 0 aliphatic carbocycles. The predicted molar refractivity (Wildman–Crippen MR) is 129 cm³/mol. The van der Waals surface area contributed by atoms with Gasteiger partial charge in [-0.2, -0.15) is 9.30 Å². The van der Waals surface area contributed by atoms with E-state index in [1.807, 2.05) is 16.7 Å². The molecule has 0 radical (unpaired) electrons. The minimum atomic E-state index is -3.74. The summed E-state index contributed by atoms with van der Waals surface area (Å²) in [4.78, 5) is 18.1. The van der Waals surface area contributed by atoms with Crippen LogP contribution in [0.3, 0.4) is 0 Å². The molecule has 2 aliphatic heterocycles. The Kier molecular flexibility index (Phi) is 6.47. The van der Waals surface area contributed by atoms with Gasteiger partial charge in [-0.05, 0) is 37.1 Å². The number of halogens is 1. The first-order valence-corrected chi connectivity index (χ1v) is 13.5. The number of fused-ring (bicyclic) bond motifs is 2. The standard InChI is InChI=1S/C24H24FN3O5S2/c1-2-9-28-19-14-20-21(33-13-12-32-20)15-22(19)34-24(28)26-23(29)16-7-10-27(11-8-16)35(30,31)18-5-3-17(25)4-6-18/h2-6,14-16H,1,7-13H2. The maximum Gasteiger partial charge on any atom is 0.251 e. The number of thiazole rings is 1. The van der Waals surface area contributed by atoms with Crippen LogP contribution in [0.4, 0.5) is 4.39 Å². The summed E-state index contributed by atoms with van der Waals surface area (Å²) in [5.41, 5.74) is 0.880. The first-order valence-electron chi connectivity index (χ1n) is 11.2. The SMILES string of the molecule is C=CCn1c(=NC(=O)C2CCN(S(=O)(=O)c3ccc(F)cc3)CC2)sc2cc3c(cc21)OCCO3. The van der Waals surface area contributed by atoms with Crippen molar-refractivity contribution in [2.75, 3.05) is 26.3 Å². The Morgan fingerprint density at radius 3 is 2.46 bits per heavy atom. The van der Waals surface area contributed by atoms with Crippen molar-refractivity contribution in [1.29, 1.82) is 0 Å². The van der Waals surface area contributed by atoms with E-state index in [0.29, 0.717) is 48.9 Å². The molecule has 1 amide bonds.